The molecular formula is C16H17ClO2. The van der Waals surface area contributed by atoms with Crippen molar-refractivity contribution >= 4 is 11.6 Å². The van der Waals surface area contributed by atoms with E-state index in [-0.39, 0.29) is 0 Å². The highest BCUT2D eigenvalue weighted by molar-refractivity contribution is 6.32. The fourth-order valence-electron chi connectivity index (χ4n) is 1.88. The second-order valence-electron chi connectivity index (χ2n) is 4.50. The van der Waals surface area contributed by atoms with Crippen LogP contribution in [0.1, 0.15) is 30.6 Å². The highest BCUT2D eigenvalue weighted by atomic mass is 35.5. The van der Waals surface area contributed by atoms with E-state index in [2.05, 4.69) is 0 Å². The van der Waals surface area contributed by atoms with Crippen LogP contribution in [0.3, 0.4) is 0 Å². The van der Waals surface area contributed by atoms with Gasteiger partial charge in [-0.05, 0) is 37.1 Å². The predicted molar refractivity (Wildman–Crippen MR) is 78.0 cm³/mol. The van der Waals surface area contributed by atoms with E-state index in [1.165, 1.54) is 0 Å². The second-order valence-corrected chi connectivity index (χ2v) is 4.91. The van der Waals surface area contributed by atoms with Gasteiger partial charge < -0.3 is 9.84 Å². The normalized spacial score (nSPS) is 12.2. The van der Waals surface area contributed by atoms with Gasteiger partial charge in [-0.15, -0.1) is 0 Å². The van der Waals surface area contributed by atoms with E-state index in [0.717, 1.165) is 11.1 Å². The quantitative estimate of drug-likeness (QED) is 0.862. The Morgan fingerprint density at radius 2 is 1.89 bits per heavy atom. The summed E-state index contributed by atoms with van der Waals surface area (Å²) < 4.78 is 5.83. The third-order valence-corrected chi connectivity index (χ3v) is 3.27. The zero-order chi connectivity index (χ0) is 13.8. The zero-order valence-electron chi connectivity index (χ0n) is 11.1. The molecule has 2 aromatic carbocycles. The van der Waals surface area contributed by atoms with Crippen LogP contribution in [0.15, 0.2) is 42.5 Å². The summed E-state index contributed by atoms with van der Waals surface area (Å²) in [6, 6.07) is 13.1. The van der Waals surface area contributed by atoms with Crippen molar-refractivity contribution in [1.29, 1.82) is 0 Å². The van der Waals surface area contributed by atoms with E-state index in [9.17, 15) is 5.11 Å². The minimum absolute atomic E-state index is 0.527. The highest BCUT2D eigenvalue weighted by Gasteiger charge is 2.12. The molecule has 3 heteroatoms. The molecule has 0 spiro atoms. The molecule has 0 aromatic heterocycles. The van der Waals surface area contributed by atoms with Crippen LogP contribution in [0.25, 0.3) is 0 Å². The van der Waals surface area contributed by atoms with Gasteiger partial charge in [0.15, 0.2) is 0 Å². The van der Waals surface area contributed by atoms with Crippen LogP contribution in [0.2, 0.25) is 5.02 Å². The Morgan fingerprint density at radius 3 is 2.58 bits per heavy atom. The van der Waals surface area contributed by atoms with Gasteiger partial charge in [0.05, 0.1) is 11.1 Å². The van der Waals surface area contributed by atoms with Gasteiger partial charge in [0.1, 0.15) is 11.5 Å². The fraction of sp³-hybridized carbons (Fsp3) is 0.250. The molecule has 0 fully saturated rings. The summed E-state index contributed by atoms with van der Waals surface area (Å²) in [4.78, 5) is 0. The topological polar surface area (TPSA) is 29.5 Å². The van der Waals surface area contributed by atoms with Crippen LogP contribution in [-0.4, -0.2) is 5.11 Å². The van der Waals surface area contributed by atoms with E-state index in [0.29, 0.717) is 22.9 Å². The van der Waals surface area contributed by atoms with Crippen molar-refractivity contribution in [3.8, 4) is 11.5 Å². The first-order valence-electron chi connectivity index (χ1n) is 6.32. The predicted octanol–water partition coefficient (Wildman–Crippen LogP) is 4.88. The van der Waals surface area contributed by atoms with Crippen LogP contribution in [0, 0.1) is 6.92 Å². The third kappa shape index (κ3) is 3.28. The number of aliphatic hydroxyl groups is 1. The number of aliphatic hydroxyl groups excluding tert-OH is 1. The number of rotatable bonds is 4. The van der Waals surface area contributed by atoms with Crippen LogP contribution in [0.4, 0.5) is 0 Å². The average Bonchev–Trinajstić information content (AvgIpc) is 2.41. The molecule has 0 radical (unpaired) electrons. The molecule has 2 aromatic rings. The second kappa shape index (κ2) is 6.09. The Kier molecular flexibility index (Phi) is 4.46. The maximum Gasteiger partial charge on any atom is 0.146 e. The van der Waals surface area contributed by atoms with E-state index >= 15 is 0 Å². The average molecular weight is 277 g/mol. The molecule has 0 saturated heterocycles. The lowest BCUT2D eigenvalue weighted by molar-refractivity contribution is 0.170. The lowest BCUT2D eigenvalue weighted by Gasteiger charge is -2.15. The Labute approximate surface area is 118 Å². The van der Waals surface area contributed by atoms with Crippen molar-refractivity contribution in [3.05, 3.63) is 58.6 Å². The Balaban J connectivity index is 2.33. The Hall–Kier alpha value is -1.51. The van der Waals surface area contributed by atoms with Gasteiger partial charge in [0.2, 0.25) is 0 Å². The third-order valence-electron chi connectivity index (χ3n) is 2.97. The number of ether oxygens (including phenoxy) is 1. The molecule has 2 rings (SSSR count). The first-order valence-corrected chi connectivity index (χ1v) is 6.70. The van der Waals surface area contributed by atoms with Crippen molar-refractivity contribution in [1.82, 2.24) is 0 Å². The molecule has 0 aliphatic carbocycles. The van der Waals surface area contributed by atoms with Gasteiger partial charge in [0.25, 0.3) is 0 Å². The molecule has 100 valence electrons. The van der Waals surface area contributed by atoms with Gasteiger partial charge in [-0.1, -0.05) is 42.8 Å². The van der Waals surface area contributed by atoms with E-state index in [4.69, 9.17) is 16.3 Å². The minimum Gasteiger partial charge on any atom is -0.455 e. The molecule has 0 aliphatic rings. The van der Waals surface area contributed by atoms with Gasteiger partial charge >= 0.3 is 0 Å². The van der Waals surface area contributed by atoms with E-state index in [1.807, 2.05) is 56.3 Å². The zero-order valence-corrected chi connectivity index (χ0v) is 11.8. The molecule has 0 aliphatic heterocycles. The van der Waals surface area contributed by atoms with Gasteiger partial charge in [-0.3, -0.25) is 0 Å². The van der Waals surface area contributed by atoms with Crippen molar-refractivity contribution in [3.63, 3.8) is 0 Å². The van der Waals surface area contributed by atoms with Crippen molar-refractivity contribution < 1.29 is 9.84 Å². The molecule has 0 saturated carbocycles. The smallest absolute Gasteiger partial charge is 0.146 e. The number of halogens is 1. The van der Waals surface area contributed by atoms with Crippen LogP contribution in [-0.2, 0) is 0 Å². The lowest BCUT2D eigenvalue weighted by atomic mass is 10.1. The largest absolute Gasteiger partial charge is 0.455 e. The monoisotopic (exact) mass is 276 g/mol. The minimum atomic E-state index is -0.527. The van der Waals surface area contributed by atoms with Crippen LogP contribution < -0.4 is 4.74 Å². The van der Waals surface area contributed by atoms with E-state index < -0.39 is 6.10 Å². The molecular weight excluding hydrogens is 260 g/mol. The molecule has 0 unspecified atom stereocenters. The van der Waals surface area contributed by atoms with Crippen molar-refractivity contribution in [2.24, 2.45) is 0 Å². The first kappa shape index (κ1) is 13.9. The summed E-state index contributed by atoms with van der Waals surface area (Å²) >= 11 is 6.16. The summed E-state index contributed by atoms with van der Waals surface area (Å²) in [7, 11) is 0. The molecule has 1 atom stereocenters. The molecule has 0 bridgehead atoms. The molecule has 19 heavy (non-hydrogen) atoms. The summed E-state index contributed by atoms with van der Waals surface area (Å²) in [5, 5.41) is 10.6. The number of hydrogen-bond donors (Lipinski definition) is 1. The highest BCUT2D eigenvalue weighted by Crippen LogP contribution is 2.34. The van der Waals surface area contributed by atoms with Crippen LogP contribution >= 0.6 is 11.6 Å². The summed E-state index contributed by atoms with van der Waals surface area (Å²) in [6.07, 6.45) is 0.113. The summed E-state index contributed by atoms with van der Waals surface area (Å²) in [5.74, 6) is 1.24. The summed E-state index contributed by atoms with van der Waals surface area (Å²) in [6.45, 7) is 3.91. The lowest BCUT2D eigenvalue weighted by Crippen LogP contribution is -1.98. The number of para-hydroxylation sites is 1. The molecule has 1 N–H and O–H groups in total. The molecule has 0 heterocycles. The number of hydrogen-bond acceptors (Lipinski definition) is 2. The van der Waals surface area contributed by atoms with Crippen molar-refractivity contribution in [2.45, 2.75) is 26.4 Å². The summed E-state index contributed by atoms with van der Waals surface area (Å²) in [5.41, 5.74) is 1.86. The van der Waals surface area contributed by atoms with Gasteiger partial charge in [-0.25, -0.2) is 0 Å². The molecule has 2 nitrogen and oxygen atoms in total. The maximum absolute atomic E-state index is 9.99. The standard InChI is InChI=1S/C16H17ClO2/c1-3-14(18)12-6-4-5-7-15(12)19-16-9-8-11(2)10-13(16)17/h4-10,14,18H,3H2,1-2H3/t14-/m0/s1. The number of aryl methyl sites for hydroxylation is 1. The Morgan fingerprint density at radius 1 is 1.16 bits per heavy atom. The van der Waals surface area contributed by atoms with Crippen molar-refractivity contribution in [2.75, 3.05) is 0 Å². The van der Waals surface area contributed by atoms with Gasteiger partial charge in [0, 0.05) is 5.56 Å². The van der Waals surface area contributed by atoms with Gasteiger partial charge in [-0.2, -0.15) is 0 Å². The molecule has 0 amide bonds. The Bertz CT molecular complexity index is 566. The van der Waals surface area contributed by atoms with E-state index in [1.54, 1.807) is 0 Å². The first-order chi connectivity index (χ1) is 9.11. The number of benzene rings is 2. The SMILES string of the molecule is CC[C@H](O)c1ccccc1Oc1ccc(C)cc1Cl. The maximum atomic E-state index is 9.99. The van der Waals surface area contributed by atoms with Crippen LogP contribution in [0.5, 0.6) is 11.5 Å². The fourth-order valence-corrected chi connectivity index (χ4v) is 2.15.